The van der Waals surface area contributed by atoms with Gasteiger partial charge in [-0.05, 0) is 54.3 Å². The van der Waals surface area contributed by atoms with Gasteiger partial charge in [0.25, 0.3) is 0 Å². The molecule has 2 N–H and O–H groups in total. The Morgan fingerprint density at radius 2 is 1.97 bits per heavy atom. The van der Waals surface area contributed by atoms with Crippen LogP contribution in [0.15, 0.2) is 57.0 Å². The number of amides is 1. The molecule has 160 valence electrons. The monoisotopic (exact) mass is 440 g/mol. The molecule has 0 saturated carbocycles. The van der Waals surface area contributed by atoms with Crippen molar-refractivity contribution in [2.24, 2.45) is 9.98 Å². The summed E-state index contributed by atoms with van der Waals surface area (Å²) in [6.45, 7) is 1.50. The van der Waals surface area contributed by atoms with Gasteiger partial charge in [0.05, 0.1) is 19.4 Å². The van der Waals surface area contributed by atoms with Crippen molar-refractivity contribution in [3.05, 3.63) is 59.5 Å². The second-order valence-corrected chi connectivity index (χ2v) is 7.07. The van der Waals surface area contributed by atoms with E-state index in [0.29, 0.717) is 40.0 Å². The van der Waals surface area contributed by atoms with Gasteiger partial charge in [0, 0.05) is 18.1 Å². The Labute approximate surface area is 182 Å². The first-order valence-corrected chi connectivity index (χ1v) is 10.3. The third-order valence-electron chi connectivity index (χ3n) is 4.15. The van der Waals surface area contributed by atoms with E-state index in [-0.39, 0.29) is 11.7 Å². The highest BCUT2D eigenvalue weighted by Gasteiger charge is 2.16. The summed E-state index contributed by atoms with van der Waals surface area (Å²) in [6.07, 6.45) is 0.386. The molecule has 0 aliphatic carbocycles. The van der Waals surface area contributed by atoms with E-state index in [1.807, 2.05) is 0 Å². The minimum atomic E-state index is -1.33. The number of thioether (sulfide) groups is 1. The van der Waals surface area contributed by atoms with Crippen molar-refractivity contribution in [2.45, 2.75) is 13.5 Å². The lowest BCUT2D eigenvalue weighted by atomic mass is 10.1. The molecule has 10 heteroatoms. The van der Waals surface area contributed by atoms with E-state index in [1.165, 1.54) is 7.11 Å². The Balaban J connectivity index is 2.10. The topological polar surface area (TPSA) is 130 Å². The maximum absolute atomic E-state index is 11.3. The minimum Gasteiger partial charge on any atom is -0.497 e. The number of nitrogens with zero attached hydrogens (tertiary/aromatic N) is 4. The molecule has 3 aromatic rings. The van der Waals surface area contributed by atoms with E-state index >= 15 is 0 Å². The maximum Gasteiger partial charge on any atom is 0.432 e. The molecule has 0 atom stereocenters. The van der Waals surface area contributed by atoms with Gasteiger partial charge in [-0.25, -0.2) is 9.79 Å². The molecule has 0 spiro atoms. The van der Waals surface area contributed by atoms with Crippen LogP contribution in [-0.2, 0) is 6.61 Å². The van der Waals surface area contributed by atoms with Crippen LogP contribution in [0.3, 0.4) is 0 Å². The molecule has 31 heavy (non-hydrogen) atoms. The number of aryl methyl sites for hydroxylation is 1. The second-order valence-electron chi connectivity index (χ2n) is 6.28. The fraction of sp³-hybridized carbons (Fsp3) is 0.190. The van der Waals surface area contributed by atoms with Gasteiger partial charge < -0.3 is 19.5 Å². The predicted molar refractivity (Wildman–Crippen MR) is 119 cm³/mol. The van der Waals surface area contributed by atoms with Gasteiger partial charge in [-0.3, -0.25) is 0 Å². The molecule has 1 heterocycles. The molecule has 0 saturated heterocycles. The molecule has 9 nitrogen and oxygen atoms in total. The molecule has 0 fully saturated rings. The fourth-order valence-corrected chi connectivity index (χ4v) is 3.28. The van der Waals surface area contributed by atoms with E-state index in [9.17, 15) is 15.0 Å². The Hall–Kier alpha value is -3.50. The number of hydrogen-bond donors (Lipinski definition) is 2. The van der Waals surface area contributed by atoms with Crippen LogP contribution in [0.5, 0.6) is 5.75 Å². The third-order valence-corrected chi connectivity index (χ3v) is 4.82. The summed E-state index contributed by atoms with van der Waals surface area (Å²) < 4.78 is 10.3. The van der Waals surface area contributed by atoms with E-state index in [4.69, 9.17) is 9.26 Å². The van der Waals surface area contributed by atoms with Crippen molar-refractivity contribution in [3.8, 4) is 17.1 Å². The normalized spacial score (nSPS) is 12.1. The first-order valence-electron chi connectivity index (χ1n) is 9.08. The molecule has 0 bridgehead atoms. The lowest BCUT2D eigenvalue weighted by molar-refractivity contribution is 0.206. The SMILES string of the molecule is COc1cc(CO)cc(C(=Nc2ccc(-c3noc(C)n3)cc2)C(=NC(=O)O)SC)c1. The van der Waals surface area contributed by atoms with Crippen LogP contribution >= 0.6 is 11.8 Å². The van der Waals surface area contributed by atoms with E-state index < -0.39 is 6.09 Å². The number of methoxy groups -OCH3 is 1. The average molecular weight is 440 g/mol. The van der Waals surface area contributed by atoms with Crippen molar-refractivity contribution >= 4 is 34.3 Å². The Kier molecular flexibility index (Phi) is 7.16. The maximum atomic E-state index is 11.3. The third kappa shape index (κ3) is 5.56. The predicted octanol–water partition coefficient (Wildman–Crippen LogP) is 4.11. The van der Waals surface area contributed by atoms with Gasteiger partial charge in [0.2, 0.25) is 11.7 Å². The number of ether oxygens (including phenoxy) is 1. The lowest BCUT2D eigenvalue weighted by Gasteiger charge is -2.12. The van der Waals surface area contributed by atoms with Gasteiger partial charge in [-0.2, -0.15) is 9.98 Å². The molecule has 0 aliphatic heterocycles. The highest BCUT2D eigenvalue weighted by atomic mass is 32.2. The number of carbonyl (C=O) groups is 1. The molecule has 2 aromatic carbocycles. The number of benzene rings is 2. The highest BCUT2D eigenvalue weighted by Crippen LogP contribution is 2.25. The van der Waals surface area contributed by atoms with Crippen LogP contribution in [0.1, 0.15) is 17.0 Å². The largest absolute Gasteiger partial charge is 0.497 e. The van der Waals surface area contributed by atoms with Gasteiger partial charge in [-0.1, -0.05) is 5.16 Å². The number of aliphatic imine (C=N–C) groups is 2. The summed E-state index contributed by atoms with van der Waals surface area (Å²) >= 11 is 1.15. The molecule has 0 aliphatic rings. The van der Waals surface area contributed by atoms with Crippen molar-refractivity contribution in [3.63, 3.8) is 0 Å². The number of carboxylic acid groups (broad SMARTS) is 1. The lowest BCUT2D eigenvalue weighted by Crippen LogP contribution is -2.14. The van der Waals surface area contributed by atoms with Crippen molar-refractivity contribution in [1.82, 2.24) is 10.1 Å². The van der Waals surface area contributed by atoms with Crippen molar-refractivity contribution in [2.75, 3.05) is 13.4 Å². The Bertz CT molecular complexity index is 1120. The zero-order valence-electron chi connectivity index (χ0n) is 17.1. The van der Waals surface area contributed by atoms with E-state index in [0.717, 1.165) is 17.3 Å². The summed E-state index contributed by atoms with van der Waals surface area (Å²) in [5.74, 6) is 1.44. The Morgan fingerprint density at radius 1 is 1.23 bits per heavy atom. The summed E-state index contributed by atoms with van der Waals surface area (Å²) in [5.41, 5.74) is 2.83. The molecular weight excluding hydrogens is 420 g/mol. The number of aliphatic hydroxyl groups excluding tert-OH is 1. The zero-order chi connectivity index (χ0) is 22.4. The number of aromatic nitrogens is 2. The molecular formula is C21H20N4O5S. The summed E-state index contributed by atoms with van der Waals surface area (Å²) in [7, 11) is 1.51. The van der Waals surface area contributed by atoms with Gasteiger partial charge in [-0.15, -0.1) is 11.8 Å². The van der Waals surface area contributed by atoms with Crippen molar-refractivity contribution in [1.29, 1.82) is 0 Å². The van der Waals surface area contributed by atoms with Gasteiger partial charge >= 0.3 is 6.09 Å². The van der Waals surface area contributed by atoms with E-state index in [2.05, 4.69) is 20.1 Å². The first-order chi connectivity index (χ1) is 14.9. The quantitative estimate of drug-likeness (QED) is 0.433. The highest BCUT2D eigenvalue weighted by molar-refractivity contribution is 8.15. The first kappa shape index (κ1) is 22.2. The smallest absolute Gasteiger partial charge is 0.432 e. The molecule has 3 rings (SSSR count). The Morgan fingerprint density at radius 3 is 2.52 bits per heavy atom. The summed E-state index contributed by atoms with van der Waals surface area (Å²) in [4.78, 5) is 23.8. The second kappa shape index (κ2) is 10.0. The fourth-order valence-electron chi connectivity index (χ4n) is 2.76. The van der Waals surface area contributed by atoms with Crippen LogP contribution in [-0.4, -0.2) is 50.6 Å². The number of hydrogen-bond acceptors (Lipinski definition) is 8. The van der Waals surface area contributed by atoms with Crippen LogP contribution in [0.2, 0.25) is 0 Å². The van der Waals surface area contributed by atoms with Crippen LogP contribution in [0, 0.1) is 6.92 Å². The van der Waals surface area contributed by atoms with E-state index in [1.54, 1.807) is 55.6 Å². The van der Waals surface area contributed by atoms with Crippen LogP contribution in [0.4, 0.5) is 10.5 Å². The van der Waals surface area contributed by atoms with Gasteiger partial charge in [0.1, 0.15) is 16.5 Å². The zero-order valence-corrected chi connectivity index (χ0v) is 17.9. The summed E-state index contributed by atoms with van der Waals surface area (Å²) in [6, 6.07) is 12.2. The van der Waals surface area contributed by atoms with Crippen LogP contribution < -0.4 is 4.74 Å². The molecule has 1 aromatic heterocycles. The standard InChI is InChI=1S/C21H20N4O5S/c1-12-22-19(25-30-12)14-4-6-16(7-5-14)23-18(20(31-3)24-21(27)28)15-8-13(11-26)9-17(10-15)29-2/h4-10,26H,11H2,1-3H3,(H,27,28). The number of rotatable bonds is 6. The minimum absolute atomic E-state index is 0.207. The number of aliphatic hydroxyl groups is 1. The van der Waals surface area contributed by atoms with Crippen LogP contribution in [0.25, 0.3) is 11.4 Å². The summed E-state index contributed by atoms with van der Waals surface area (Å²) in [5, 5.41) is 22.9. The molecule has 0 unspecified atom stereocenters. The van der Waals surface area contributed by atoms with Gasteiger partial charge in [0.15, 0.2) is 0 Å². The molecule has 0 radical (unpaired) electrons. The molecule has 1 amide bonds. The average Bonchev–Trinajstić information content (AvgIpc) is 3.22. The van der Waals surface area contributed by atoms with Crippen molar-refractivity contribution < 1.29 is 24.3 Å².